The second kappa shape index (κ2) is 8.41. The summed E-state index contributed by atoms with van der Waals surface area (Å²) < 4.78 is 40.9. The van der Waals surface area contributed by atoms with Gasteiger partial charge in [-0.15, -0.1) is 0 Å². The first-order valence-corrected chi connectivity index (χ1v) is 11.9. The van der Waals surface area contributed by atoms with Gasteiger partial charge in [-0.25, -0.2) is 12.8 Å². The summed E-state index contributed by atoms with van der Waals surface area (Å²) in [5.74, 6) is 0.158. The highest BCUT2D eigenvalue weighted by molar-refractivity contribution is 7.89. The van der Waals surface area contributed by atoms with E-state index < -0.39 is 10.0 Å². The van der Waals surface area contributed by atoms with Crippen molar-refractivity contribution < 1.29 is 12.8 Å². The fraction of sp³-hybridized carbons (Fsp3) is 0.417. The van der Waals surface area contributed by atoms with Crippen molar-refractivity contribution >= 4 is 10.0 Å². The van der Waals surface area contributed by atoms with Crippen LogP contribution >= 0.6 is 0 Å². The van der Waals surface area contributed by atoms with Crippen molar-refractivity contribution in [1.29, 1.82) is 0 Å². The molecule has 2 aliphatic rings. The second-order valence-corrected chi connectivity index (χ2v) is 10.2. The molecule has 1 saturated heterocycles. The number of halogens is 1. The monoisotopic (exact) mass is 413 g/mol. The van der Waals surface area contributed by atoms with Crippen LogP contribution in [0.15, 0.2) is 59.0 Å². The molecule has 2 aromatic carbocycles. The molecule has 0 spiro atoms. The molecule has 3 nitrogen and oxygen atoms in total. The lowest BCUT2D eigenvalue weighted by Gasteiger charge is -2.31. The third kappa shape index (κ3) is 4.46. The van der Waals surface area contributed by atoms with E-state index in [1.54, 1.807) is 11.2 Å². The molecule has 0 amide bonds. The average molecular weight is 414 g/mol. The summed E-state index contributed by atoms with van der Waals surface area (Å²) >= 11 is 0. The van der Waals surface area contributed by atoms with E-state index >= 15 is 0 Å². The first kappa shape index (κ1) is 20.3. The summed E-state index contributed by atoms with van der Waals surface area (Å²) in [5.41, 5.74) is 4.76. The molecule has 0 bridgehead atoms. The van der Waals surface area contributed by atoms with Crippen molar-refractivity contribution in [3.8, 4) is 0 Å². The molecule has 29 heavy (non-hydrogen) atoms. The molecule has 0 radical (unpaired) electrons. The van der Waals surface area contributed by atoms with Crippen LogP contribution in [0.3, 0.4) is 0 Å². The molecule has 2 aromatic rings. The van der Waals surface area contributed by atoms with Crippen LogP contribution in [0.1, 0.15) is 42.4 Å². The minimum atomic E-state index is -3.55. The summed E-state index contributed by atoms with van der Waals surface area (Å²) in [4.78, 5) is 0.194. The van der Waals surface area contributed by atoms with Crippen LogP contribution < -0.4 is 0 Å². The zero-order valence-electron chi connectivity index (χ0n) is 16.9. The van der Waals surface area contributed by atoms with Crippen LogP contribution in [0.5, 0.6) is 0 Å². The van der Waals surface area contributed by atoms with Gasteiger partial charge in [0.25, 0.3) is 0 Å². The number of hydrogen-bond donors (Lipinski definition) is 0. The van der Waals surface area contributed by atoms with E-state index in [1.807, 2.05) is 0 Å². The van der Waals surface area contributed by atoms with E-state index in [2.05, 4.69) is 30.3 Å². The van der Waals surface area contributed by atoms with Gasteiger partial charge in [-0.2, -0.15) is 4.31 Å². The Morgan fingerprint density at radius 1 is 1.03 bits per heavy atom. The third-order valence-corrected chi connectivity index (χ3v) is 8.23. The molecule has 0 atom stereocenters. The molecule has 1 aliphatic heterocycles. The Kier molecular flexibility index (Phi) is 5.88. The topological polar surface area (TPSA) is 37.4 Å². The number of benzene rings is 2. The fourth-order valence-corrected chi connectivity index (χ4v) is 6.04. The van der Waals surface area contributed by atoms with Gasteiger partial charge in [0.05, 0.1) is 4.90 Å². The molecule has 5 heteroatoms. The molecule has 1 heterocycles. The molecule has 154 valence electrons. The summed E-state index contributed by atoms with van der Waals surface area (Å²) in [7, 11) is -3.55. The maximum atomic E-state index is 13.5. The number of aryl methyl sites for hydroxylation is 2. The van der Waals surface area contributed by atoms with Gasteiger partial charge in [-0.3, -0.25) is 0 Å². The maximum absolute atomic E-state index is 13.5. The van der Waals surface area contributed by atoms with Crippen molar-refractivity contribution in [2.45, 2.75) is 50.3 Å². The fourth-order valence-electron chi connectivity index (χ4n) is 4.49. The Hall–Kier alpha value is -1.98. The van der Waals surface area contributed by atoms with Gasteiger partial charge in [-0.1, -0.05) is 35.9 Å². The Bertz CT molecular complexity index is 1020. The molecule has 4 rings (SSSR count). The van der Waals surface area contributed by atoms with Crippen molar-refractivity contribution in [3.63, 3.8) is 0 Å². The summed E-state index contributed by atoms with van der Waals surface area (Å²) in [6.07, 6.45) is 8.41. The summed E-state index contributed by atoms with van der Waals surface area (Å²) in [6.45, 7) is 2.67. The quantitative estimate of drug-likeness (QED) is 0.659. The number of rotatable bonds is 4. The lowest BCUT2D eigenvalue weighted by molar-refractivity contribution is 0.271. The van der Waals surface area contributed by atoms with Crippen LogP contribution in [0.4, 0.5) is 4.39 Å². The molecular formula is C24H28FNO2S. The largest absolute Gasteiger partial charge is 0.243 e. The Balaban J connectivity index is 1.36. The van der Waals surface area contributed by atoms with E-state index in [-0.39, 0.29) is 10.7 Å². The van der Waals surface area contributed by atoms with Crippen LogP contribution in [0.25, 0.3) is 0 Å². The molecule has 1 aliphatic carbocycles. The van der Waals surface area contributed by atoms with Gasteiger partial charge in [0.15, 0.2) is 0 Å². The number of sulfonamides is 1. The average Bonchev–Trinajstić information content (AvgIpc) is 2.93. The highest BCUT2D eigenvalue weighted by Crippen LogP contribution is 2.31. The normalized spacial score (nSPS) is 18.8. The highest BCUT2D eigenvalue weighted by atomic mass is 32.2. The van der Waals surface area contributed by atoms with Gasteiger partial charge in [0.1, 0.15) is 5.82 Å². The van der Waals surface area contributed by atoms with Crippen molar-refractivity contribution in [1.82, 2.24) is 4.31 Å². The minimum Gasteiger partial charge on any atom is -0.207 e. The van der Waals surface area contributed by atoms with Crippen LogP contribution in [0.2, 0.25) is 0 Å². The van der Waals surface area contributed by atoms with Crippen LogP contribution in [0, 0.1) is 18.7 Å². The maximum Gasteiger partial charge on any atom is 0.243 e. The number of hydrogen-bond acceptors (Lipinski definition) is 2. The molecule has 1 fully saturated rings. The van der Waals surface area contributed by atoms with E-state index in [1.165, 1.54) is 34.9 Å². The van der Waals surface area contributed by atoms with Gasteiger partial charge in [0.2, 0.25) is 10.0 Å². The first-order chi connectivity index (χ1) is 13.9. The van der Waals surface area contributed by atoms with Crippen LogP contribution in [-0.2, 0) is 22.9 Å². The predicted octanol–water partition coefficient (Wildman–Crippen LogP) is 5.04. The Labute approximate surface area is 173 Å². The molecule has 0 saturated carbocycles. The molecule has 0 N–H and O–H groups in total. The van der Waals surface area contributed by atoms with Gasteiger partial charge in [0, 0.05) is 13.1 Å². The van der Waals surface area contributed by atoms with Crippen molar-refractivity contribution in [3.05, 3.63) is 76.6 Å². The lowest BCUT2D eigenvalue weighted by atomic mass is 9.89. The number of fused-ring (bicyclic) bond motifs is 1. The van der Waals surface area contributed by atoms with E-state index in [9.17, 15) is 12.8 Å². The third-order valence-electron chi connectivity index (χ3n) is 6.34. The number of allylic oxidation sites excluding steroid dienone is 2. The van der Waals surface area contributed by atoms with E-state index in [4.69, 9.17) is 0 Å². The number of nitrogens with zero attached hydrogens (tertiary/aromatic N) is 1. The van der Waals surface area contributed by atoms with E-state index in [0.717, 1.165) is 38.5 Å². The number of piperidine rings is 1. The van der Waals surface area contributed by atoms with Gasteiger partial charge >= 0.3 is 0 Å². The molecule has 0 unspecified atom stereocenters. The molecular weight excluding hydrogens is 385 g/mol. The zero-order chi connectivity index (χ0) is 20.4. The van der Waals surface area contributed by atoms with Gasteiger partial charge < -0.3 is 0 Å². The predicted molar refractivity (Wildman–Crippen MR) is 114 cm³/mol. The highest BCUT2D eigenvalue weighted by Gasteiger charge is 2.30. The minimum absolute atomic E-state index is 0.194. The SMILES string of the molecule is Cc1cc(S(=O)(=O)N2CCC(CC3=CCc4ccccc4CC3)CC2)ccc1F. The summed E-state index contributed by atoms with van der Waals surface area (Å²) in [6, 6.07) is 12.7. The van der Waals surface area contributed by atoms with Gasteiger partial charge in [-0.05, 0) is 86.3 Å². The smallest absolute Gasteiger partial charge is 0.207 e. The zero-order valence-corrected chi connectivity index (χ0v) is 17.7. The standard InChI is InChI=1S/C24H28FNO2S/c1-18-16-23(10-11-24(18)25)29(27,28)26-14-12-20(13-15-26)17-19-6-8-21-4-2-3-5-22(21)9-7-19/h2-6,10-11,16,20H,7-9,12-15,17H2,1H3. The lowest BCUT2D eigenvalue weighted by Crippen LogP contribution is -2.38. The van der Waals surface area contributed by atoms with Crippen molar-refractivity contribution in [2.24, 2.45) is 5.92 Å². The van der Waals surface area contributed by atoms with Crippen LogP contribution in [-0.4, -0.2) is 25.8 Å². The first-order valence-electron chi connectivity index (χ1n) is 10.4. The van der Waals surface area contributed by atoms with Crippen molar-refractivity contribution in [2.75, 3.05) is 13.1 Å². The second-order valence-electron chi connectivity index (χ2n) is 8.30. The summed E-state index contributed by atoms with van der Waals surface area (Å²) in [5, 5.41) is 0. The Morgan fingerprint density at radius 2 is 1.76 bits per heavy atom. The Morgan fingerprint density at radius 3 is 2.48 bits per heavy atom. The molecule has 0 aromatic heterocycles. The van der Waals surface area contributed by atoms with E-state index in [0.29, 0.717) is 24.6 Å².